The van der Waals surface area contributed by atoms with Gasteiger partial charge < -0.3 is 13.7 Å². The van der Waals surface area contributed by atoms with Crippen molar-refractivity contribution >= 4 is 71.6 Å². The molecular formula is C51H32N2O2. The Morgan fingerprint density at radius 3 is 1.93 bits per heavy atom. The van der Waals surface area contributed by atoms with E-state index in [1.165, 1.54) is 27.5 Å². The first-order chi connectivity index (χ1) is 27.3. The summed E-state index contributed by atoms with van der Waals surface area (Å²) < 4.78 is 13.2. The lowest BCUT2D eigenvalue weighted by atomic mass is 9.96. The zero-order valence-corrected chi connectivity index (χ0v) is 29.7. The molecule has 4 heteroatoms. The maximum absolute atomic E-state index is 6.67. The van der Waals surface area contributed by atoms with Crippen LogP contribution in [0, 0.1) is 0 Å². The van der Waals surface area contributed by atoms with Crippen LogP contribution in [-0.4, -0.2) is 4.98 Å². The van der Waals surface area contributed by atoms with Gasteiger partial charge in [0.15, 0.2) is 5.58 Å². The van der Waals surface area contributed by atoms with Gasteiger partial charge in [-0.2, -0.15) is 0 Å². The molecule has 0 amide bonds. The van der Waals surface area contributed by atoms with E-state index in [0.29, 0.717) is 5.89 Å². The van der Waals surface area contributed by atoms with Gasteiger partial charge in [-0.3, -0.25) is 0 Å². The molecule has 0 saturated carbocycles. The standard InChI is InChI=1S/C51H32N2O2/c1-2-12-33(13-3-1)34-24-27-37(28-25-34)53(46-22-9-8-19-42(46)41-20-10-16-35-14-4-6-17-39(35)41)38-29-30-43-48(32-38)54-47-23-11-21-44(49(43)47)51-52-45-31-26-36-15-5-7-18-40(36)50(45)55-51/h1-32H. The molecule has 0 radical (unpaired) electrons. The largest absolute Gasteiger partial charge is 0.456 e. The van der Waals surface area contributed by atoms with E-state index in [1.807, 2.05) is 30.3 Å². The average molecular weight is 705 g/mol. The fourth-order valence-corrected chi connectivity index (χ4v) is 8.12. The Morgan fingerprint density at radius 1 is 0.400 bits per heavy atom. The van der Waals surface area contributed by atoms with E-state index in [0.717, 1.165) is 72.0 Å². The molecule has 11 aromatic rings. The predicted octanol–water partition coefficient (Wildman–Crippen LogP) is 14.5. The Balaban J connectivity index is 1.09. The first kappa shape index (κ1) is 31.1. The number of fused-ring (bicyclic) bond motifs is 7. The van der Waals surface area contributed by atoms with Crippen molar-refractivity contribution in [3.63, 3.8) is 0 Å². The number of hydrogen-bond acceptors (Lipinski definition) is 4. The highest BCUT2D eigenvalue weighted by atomic mass is 16.3. The first-order valence-electron chi connectivity index (χ1n) is 18.5. The molecule has 11 rings (SSSR count). The molecular weight excluding hydrogens is 673 g/mol. The van der Waals surface area contributed by atoms with Crippen LogP contribution in [0.25, 0.3) is 88.3 Å². The minimum Gasteiger partial charge on any atom is -0.456 e. The molecule has 0 aliphatic carbocycles. The van der Waals surface area contributed by atoms with Crippen molar-refractivity contribution < 1.29 is 8.83 Å². The Labute approximate surface area is 317 Å². The van der Waals surface area contributed by atoms with E-state index in [9.17, 15) is 0 Å². The molecule has 55 heavy (non-hydrogen) atoms. The number of aromatic nitrogens is 1. The number of para-hydroxylation sites is 1. The molecule has 0 aliphatic rings. The molecule has 0 atom stereocenters. The summed E-state index contributed by atoms with van der Waals surface area (Å²) >= 11 is 0. The summed E-state index contributed by atoms with van der Waals surface area (Å²) in [4.78, 5) is 7.31. The highest BCUT2D eigenvalue weighted by Crippen LogP contribution is 2.45. The van der Waals surface area contributed by atoms with Crippen LogP contribution in [0.5, 0.6) is 0 Å². The van der Waals surface area contributed by atoms with Crippen LogP contribution < -0.4 is 4.90 Å². The summed E-state index contributed by atoms with van der Waals surface area (Å²) in [6, 6.07) is 68.1. The van der Waals surface area contributed by atoms with Gasteiger partial charge in [-0.15, -0.1) is 0 Å². The second-order valence-corrected chi connectivity index (χ2v) is 13.9. The van der Waals surface area contributed by atoms with Crippen LogP contribution in [0.15, 0.2) is 203 Å². The molecule has 2 heterocycles. The van der Waals surface area contributed by atoms with E-state index < -0.39 is 0 Å². The van der Waals surface area contributed by atoms with Gasteiger partial charge in [0.05, 0.1) is 5.69 Å². The number of rotatable bonds is 6. The van der Waals surface area contributed by atoms with Gasteiger partial charge in [-0.1, -0.05) is 140 Å². The van der Waals surface area contributed by atoms with E-state index in [2.05, 4.69) is 169 Å². The predicted molar refractivity (Wildman–Crippen MR) is 227 cm³/mol. The summed E-state index contributed by atoms with van der Waals surface area (Å²) in [5.74, 6) is 0.577. The lowest BCUT2D eigenvalue weighted by Gasteiger charge is -2.28. The van der Waals surface area contributed by atoms with Crippen molar-refractivity contribution in [1.29, 1.82) is 0 Å². The lowest BCUT2D eigenvalue weighted by molar-refractivity contribution is 0.623. The summed E-state index contributed by atoms with van der Waals surface area (Å²) in [7, 11) is 0. The van der Waals surface area contributed by atoms with Crippen molar-refractivity contribution in [3.8, 4) is 33.7 Å². The highest BCUT2D eigenvalue weighted by Gasteiger charge is 2.22. The monoisotopic (exact) mass is 704 g/mol. The van der Waals surface area contributed by atoms with E-state index in [-0.39, 0.29) is 0 Å². The molecule has 0 spiro atoms. The Kier molecular flexibility index (Phi) is 7.14. The molecule has 0 fully saturated rings. The zero-order valence-electron chi connectivity index (χ0n) is 29.7. The van der Waals surface area contributed by atoms with Gasteiger partial charge in [0.25, 0.3) is 0 Å². The molecule has 0 aliphatic heterocycles. The third kappa shape index (κ3) is 5.19. The van der Waals surface area contributed by atoms with Crippen LogP contribution in [0.3, 0.4) is 0 Å². The second-order valence-electron chi connectivity index (χ2n) is 13.9. The van der Waals surface area contributed by atoms with Gasteiger partial charge in [0, 0.05) is 44.7 Å². The number of oxazole rings is 1. The third-order valence-corrected chi connectivity index (χ3v) is 10.7. The van der Waals surface area contributed by atoms with Gasteiger partial charge in [0.2, 0.25) is 5.89 Å². The molecule has 2 aromatic heterocycles. The minimum atomic E-state index is 0.577. The Hall–Kier alpha value is -7.43. The fraction of sp³-hybridized carbons (Fsp3) is 0. The summed E-state index contributed by atoms with van der Waals surface area (Å²) in [5, 5.41) is 6.58. The van der Waals surface area contributed by atoms with E-state index in [4.69, 9.17) is 13.8 Å². The van der Waals surface area contributed by atoms with Crippen LogP contribution in [-0.2, 0) is 0 Å². The number of nitrogens with zero attached hydrogens (tertiary/aromatic N) is 2. The molecule has 0 unspecified atom stereocenters. The average Bonchev–Trinajstić information content (AvgIpc) is 3.87. The van der Waals surface area contributed by atoms with Crippen molar-refractivity contribution in [1.82, 2.24) is 4.98 Å². The van der Waals surface area contributed by atoms with Crippen molar-refractivity contribution in [2.75, 3.05) is 4.90 Å². The van der Waals surface area contributed by atoms with Crippen LogP contribution in [0.2, 0.25) is 0 Å². The van der Waals surface area contributed by atoms with Crippen molar-refractivity contribution in [2.24, 2.45) is 0 Å². The second kappa shape index (κ2) is 12.6. The summed E-state index contributed by atoms with van der Waals surface area (Å²) in [6.07, 6.45) is 0. The number of anilines is 3. The van der Waals surface area contributed by atoms with E-state index in [1.54, 1.807) is 0 Å². The molecule has 0 bridgehead atoms. The van der Waals surface area contributed by atoms with Crippen LogP contribution in [0.4, 0.5) is 17.1 Å². The van der Waals surface area contributed by atoms with Gasteiger partial charge >= 0.3 is 0 Å². The Bertz CT molecular complexity index is 3210. The third-order valence-electron chi connectivity index (χ3n) is 10.7. The normalized spacial score (nSPS) is 11.6. The minimum absolute atomic E-state index is 0.577. The Morgan fingerprint density at radius 2 is 1.05 bits per heavy atom. The summed E-state index contributed by atoms with van der Waals surface area (Å²) in [6.45, 7) is 0. The highest BCUT2D eigenvalue weighted by molar-refractivity contribution is 6.13. The van der Waals surface area contributed by atoms with Gasteiger partial charge in [-0.05, 0) is 81.4 Å². The molecule has 0 N–H and O–H groups in total. The smallest absolute Gasteiger partial charge is 0.228 e. The van der Waals surface area contributed by atoms with Crippen LogP contribution in [0.1, 0.15) is 0 Å². The first-order valence-corrected chi connectivity index (χ1v) is 18.5. The number of benzene rings is 9. The molecule has 9 aromatic carbocycles. The SMILES string of the molecule is c1ccc(-c2ccc(N(c3ccc4c(c3)oc3cccc(-c5nc6ccc7ccccc7c6o5)c34)c3ccccc3-c3cccc4ccccc34)cc2)cc1. The number of hydrogen-bond donors (Lipinski definition) is 0. The molecule has 258 valence electrons. The van der Waals surface area contributed by atoms with Crippen molar-refractivity contribution in [3.05, 3.63) is 194 Å². The lowest BCUT2D eigenvalue weighted by Crippen LogP contribution is -2.11. The van der Waals surface area contributed by atoms with Crippen molar-refractivity contribution in [2.45, 2.75) is 0 Å². The zero-order chi connectivity index (χ0) is 36.3. The molecule has 0 saturated heterocycles. The van der Waals surface area contributed by atoms with E-state index >= 15 is 0 Å². The molecule has 4 nitrogen and oxygen atoms in total. The summed E-state index contributed by atoms with van der Waals surface area (Å²) in [5.41, 5.74) is 11.9. The maximum atomic E-state index is 6.67. The quantitative estimate of drug-likeness (QED) is 0.173. The van der Waals surface area contributed by atoms with Crippen LogP contribution >= 0.6 is 0 Å². The topological polar surface area (TPSA) is 42.4 Å². The fourth-order valence-electron chi connectivity index (χ4n) is 8.12. The van der Waals surface area contributed by atoms with Gasteiger partial charge in [0.1, 0.15) is 16.7 Å². The van der Waals surface area contributed by atoms with Gasteiger partial charge in [-0.25, -0.2) is 4.98 Å². The number of furan rings is 1. The maximum Gasteiger partial charge on any atom is 0.228 e.